The van der Waals surface area contributed by atoms with Crippen LogP contribution in [0, 0.1) is 6.92 Å². The summed E-state index contributed by atoms with van der Waals surface area (Å²) >= 11 is 0. The summed E-state index contributed by atoms with van der Waals surface area (Å²) in [6, 6.07) is 145. The molecular weight excluding hydrogens is 1740 g/mol. The maximum atomic E-state index is 5.32. The number of hydrogen-bond donors (Lipinski definition) is 0. The van der Waals surface area contributed by atoms with E-state index in [1.807, 2.05) is 0 Å². The minimum atomic E-state index is 0.342. The number of aryl methyl sites for hydroxylation is 1. The van der Waals surface area contributed by atoms with Crippen LogP contribution in [0.2, 0.25) is 0 Å². The molecule has 0 aliphatic carbocycles. The van der Waals surface area contributed by atoms with E-state index in [-0.39, 0.29) is 0 Å². The highest BCUT2D eigenvalue weighted by molar-refractivity contribution is 6.15. The molecule has 33 aromatic rings. The van der Waals surface area contributed by atoms with E-state index < -0.39 is 0 Å². The van der Waals surface area contributed by atoms with Gasteiger partial charge in [0, 0.05) is 0 Å². The van der Waals surface area contributed by atoms with Crippen molar-refractivity contribution in [1.82, 2.24) is 69.5 Å². The first kappa shape index (κ1) is 78.6. The van der Waals surface area contributed by atoms with Crippen molar-refractivity contribution in [2.45, 2.75) is 46.5 Å². The van der Waals surface area contributed by atoms with Gasteiger partial charge in [0.25, 0.3) is 0 Å². The quantitative estimate of drug-likeness (QED) is 0.150. The third-order valence-electron chi connectivity index (χ3n) is 30.4. The zero-order valence-electron chi connectivity index (χ0n) is 78.0. The molecule has 0 aliphatic rings. The fourth-order valence-corrected chi connectivity index (χ4v) is 23.7. The Morgan fingerprint density at radius 1 is 0.176 bits per heavy atom. The Labute approximate surface area is 809 Å². The van der Waals surface area contributed by atoms with Crippen LogP contribution >= 0.6 is 0 Å². The van der Waals surface area contributed by atoms with Crippen molar-refractivity contribution in [2.75, 3.05) is 0 Å². The monoisotopic (exact) mass is 1820 g/mol. The highest BCUT2D eigenvalue weighted by atomic mass is 15.3. The van der Waals surface area contributed by atoms with Crippen LogP contribution in [0.15, 0.2) is 400 Å². The summed E-state index contributed by atoms with van der Waals surface area (Å²) in [5.74, 6) is 6.04. The molecule has 15 heteroatoms. The van der Waals surface area contributed by atoms with Gasteiger partial charge in [-0.1, -0.05) is 313 Å². The predicted molar refractivity (Wildman–Crippen MR) is 586 cm³/mol. The Balaban J connectivity index is 0.0000000977. The Kier molecular flexibility index (Phi) is 16.2. The number of aromatic nitrogens is 15. The Morgan fingerprint density at radius 2 is 0.458 bits per heavy atom. The molecule has 0 amide bonds. The maximum absolute atomic E-state index is 5.32. The molecule has 21 aromatic carbocycles. The number of nitrogens with zero attached hydrogens (tertiary/aromatic N) is 15. The summed E-state index contributed by atoms with van der Waals surface area (Å²) in [4.78, 5) is 31.8. The molecule has 0 fully saturated rings. The smallest absolute Gasteiger partial charge is 0.223 e. The summed E-state index contributed by atoms with van der Waals surface area (Å²) < 4.78 is 20.9. The van der Waals surface area contributed by atoms with Crippen molar-refractivity contribution < 1.29 is 0 Å². The van der Waals surface area contributed by atoms with E-state index in [1.165, 1.54) is 148 Å². The summed E-state index contributed by atoms with van der Waals surface area (Å²) in [6.07, 6.45) is 0. The van der Waals surface area contributed by atoms with Crippen LogP contribution in [0.1, 0.15) is 56.2 Å². The van der Waals surface area contributed by atoms with Crippen molar-refractivity contribution >= 4 is 215 Å². The van der Waals surface area contributed by atoms with Crippen LogP contribution in [-0.2, 0) is 0 Å². The molecule has 666 valence electrons. The van der Waals surface area contributed by atoms with Gasteiger partial charge in [-0.05, 0) is 282 Å². The lowest BCUT2D eigenvalue weighted by Gasteiger charge is -2.18. The van der Waals surface area contributed by atoms with Gasteiger partial charge in [0.1, 0.15) is 16.6 Å². The number of fused-ring (bicyclic) bond motifs is 36. The topological polar surface area (TPSA) is 117 Å². The summed E-state index contributed by atoms with van der Waals surface area (Å²) in [6.45, 7) is 11.3. The molecule has 15 nitrogen and oxygen atoms in total. The van der Waals surface area contributed by atoms with Gasteiger partial charge in [0.2, 0.25) is 34.7 Å². The molecule has 12 heterocycles. The van der Waals surface area contributed by atoms with Crippen LogP contribution < -0.4 is 0 Å². The fourth-order valence-electron chi connectivity index (χ4n) is 23.7. The lowest BCUT2D eigenvalue weighted by Crippen LogP contribution is -1.96. The Morgan fingerprint density at radius 3 is 0.768 bits per heavy atom. The zero-order chi connectivity index (χ0) is 93.4. The molecule has 12 aromatic heterocycles. The first-order valence-electron chi connectivity index (χ1n) is 48.9. The van der Waals surface area contributed by atoms with Gasteiger partial charge in [0.15, 0.2) is 0 Å². The number of rotatable bonds is 8. The fraction of sp³-hybridized carbons (Fsp3) is 0.0551. The Bertz CT molecular complexity index is 10700. The molecule has 142 heavy (non-hydrogen) atoms. The van der Waals surface area contributed by atoms with Gasteiger partial charge >= 0.3 is 0 Å². The molecule has 0 unspecified atom stereocenters. The van der Waals surface area contributed by atoms with Crippen LogP contribution in [0.25, 0.3) is 282 Å². The second-order valence-electron chi connectivity index (χ2n) is 39.2. The molecule has 0 saturated carbocycles. The van der Waals surface area contributed by atoms with Gasteiger partial charge in [-0.25, -0.2) is 43.1 Å². The van der Waals surface area contributed by atoms with E-state index in [0.717, 1.165) is 151 Å². The number of imidazole rings is 12. The van der Waals surface area contributed by atoms with Crippen LogP contribution in [0.4, 0.5) is 0 Å². The zero-order valence-corrected chi connectivity index (χ0v) is 78.0. The van der Waals surface area contributed by atoms with Crippen LogP contribution in [0.3, 0.4) is 0 Å². The first-order chi connectivity index (χ1) is 69.9. The Hall–Kier alpha value is -18.6. The molecule has 33 rings (SSSR count). The van der Waals surface area contributed by atoms with Crippen molar-refractivity contribution in [1.29, 1.82) is 0 Å². The van der Waals surface area contributed by atoms with Gasteiger partial charge < -0.3 is 0 Å². The van der Waals surface area contributed by atoms with Crippen molar-refractivity contribution in [2.24, 2.45) is 0 Å². The van der Waals surface area contributed by atoms with Gasteiger partial charge in [-0.3, -0.25) is 26.4 Å². The van der Waals surface area contributed by atoms with Crippen LogP contribution in [0.5, 0.6) is 0 Å². The van der Waals surface area contributed by atoms with Crippen LogP contribution in [-0.4, -0.2) is 69.5 Å². The average Bonchev–Trinajstić information content (AvgIpc) is 1.49. The van der Waals surface area contributed by atoms with E-state index in [4.69, 9.17) is 29.9 Å². The van der Waals surface area contributed by atoms with E-state index in [9.17, 15) is 0 Å². The summed E-state index contributed by atoms with van der Waals surface area (Å²) in [7, 11) is 0. The predicted octanol–water partition coefficient (Wildman–Crippen LogP) is 31.9. The molecule has 0 aliphatic heterocycles. The maximum Gasteiger partial charge on any atom is 0.223 e. The SMILES string of the molecule is CC(C)c1ccc(-c2ccccc2)c(-c2cc3c4c(c2)n2c5cc6ccccc6cc5nc2n4c2nc4cc5ccccc5cc4n32)c1.CC(C)c1cccc(-c2ccccc2)c1-c1cc2c3c(c1)n1c4cc5ccccc5cc4nc1n3c1nc3cc4ccccc4cc3n21.Cc1ccc(-c2ccccc2)cc1-c1cc2c3c(c1)n1c4cc5ccccc5cc4nc1n3c1nc3cc4ccccc4cc3n21. The minimum Gasteiger partial charge on any atom is -0.276 e. The van der Waals surface area contributed by atoms with Gasteiger partial charge in [0.05, 0.1) is 99.3 Å². The molecule has 0 radical (unpaired) electrons. The minimum absolute atomic E-state index is 0.342. The van der Waals surface area contributed by atoms with E-state index >= 15 is 0 Å². The normalized spacial score (nSPS) is 12.5. The third kappa shape index (κ3) is 11.3. The molecule has 0 saturated heterocycles. The summed E-state index contributed by atoms with van der Waals surface area (Å²) in [5, 5.41) is 14.4. The lowest BCUT2D eigenvalue weighted by molar-refractivity contribution is 0.867. The van der Waals surface area contributed by atoms with E-state index in [1.54, 1.807) is 0 Å². The molecule has 0 spiro atoms. The first-order valence-corrected chi connectivity index (χ1v) is 48.9. The standard InChI is InChI=1S/2C43H29N5.C41H25N5/c1-25(2)32-17-10-18-33(26-11-4-3-5-12-26)40(32)31-23-38-41-39(24-31)47-37-22-30-16-9-7-14-28(30)20-35(37)45-43(47)48(41)42-44-34-19-27-13-6-8-15-29(27)21-36(34)46(38)42;1-25(2)27-16-17-33(26-10-4-3-5-11-26)34(18-27)32-23-39-41-40(24-32)47-38-22-31-15-9-7-13-29(31)20-36(38)45-43(47)48(41)42-44-35-19-28-12-6-8-14-30(28)21-37(35)46(39)42;1-24-15-16-30(25-9-3-2-4-10-25)17-32(24)31-22-37-39-38(23-31)45-36-21-29-14-8-6-12-27(29)19-34(36)43-41(45)46(39)40-42-33-18-26-11-5-7-13-28(26)20-35(33)44(37)40/h2*3-25H,1-2H3;2-23H,1H3. The third-order valence-corrected chi connectivity index (χ3v) is 30.4. The van der Waals surface area contributed by atoms with Gasteiger partial charge in [-0.15, -0.1) is 0 Å². The highest BCUT2D eigenvalue weighted by Gasteiger charge is 2.32. The molecule has 0 N–H and O–H groups in total. The largest absolute Gasteiger partial charge is 0.276 e. The van der Waals surface area contributed by atoms with Gasteiger partial charge in [-0.2, -0.15) is 0 Å². The van der Waals surface area contributed by atoms with E-state index in [2.05, 4.69) is 475 Å². The molecule has 0 atom stereocenters. The number of hydrogen-bond acceptors (Lipinski definition) is 6. The van der Waals surface area contributed by atoms with Crippen molar-refractivity contribution in [3.05, 3.63) is 417 Å². The van der Waals surface area contributed by atoms with Crippen molar-refractivity contribution in [3.63, 3.8) is 0 Å². The second kappa shape index (κ2) is 29.2. The molecular formula is C127H83N15. The number of benzene rings is 21. The van der Waals surface area contributed by atoms with Crippen molar-refractivity contribution in [3.8, 4) is 66.8 Å². The summed E-state index contributed by atoms with van der Waals surface area (Å²) in [5.41, 5.74) is 41.2. The van der Waals surface area contributed by atoms with E-state index in [0.29, 0.717) is 11.8 Å². The molecule has 0 bridgehead atoms. The highest BCUT2D eigenvalue weighted by Crippen LogP contribution is 2.49. The lowest BCUT2D eigenvalue weighted by atomic mass is 9.86. The average molecular weight is 1820 g/mol. The second-order valence-corrected chi connectivity index (χ2v) is 39.2.